The van der Waals surface area contributed by atoms with Crippen molar-refractivity contribution in [3.63, 3.8) is 0 Å². The van der Waals surface area contributed by atoms with Gasteiger partial charge in [0.25, 0.3) is 0 Å². The SMILES string of the molecule is COc1cc(/C=C/C(=O)Nc2ccc(SC)cc2)ccc1OC(F)F. The number of amides is 1. The van der Waals surface area contributed by atoms with Crippen LogP contribution in [0.25, 0.3) is 6.08 Å². The predicted molar refractivity (Wildman–Crippen MR) is 95.5 cm³/mol. The first kappa shape index (κ1) is 18.8. The molecule has 0 saturated heterocycles. The van der Waals surface area contributed by atoms with E-state index in [2.05, 4.69) is 10.1 Å². The highest BCUT2D eigenvalue weighted by Crippen LogP contribution is 2.29. The zero-order valence-corrected chi connectivity index (χ0v) is 14.5. The number of methoxy groups -OCH3 is 1. The van der Waals surface area contributed by atoms with Crippen molar-refractivity contribution in [2.45, 2.75) is 11.5 Å². The highest BCUT2D eigenvalue weighted by molar-refractivity contribution is 7.98. The molecule has 2 aromatic rings. The lowest BCUT2D eigenvalue weighted by Gasteiger charge is -2.10. The van der Waals surface area contributed by atoms with Gasteiger partial charge in [-0.05, 0) is 54.3 Å². The van der Waals surface area contributed by atoms with E-state index in [0.717, 1.165) is 4.90 Å². The van der Waals surface area contributed by atoms with Gasteiger partial charge in [-0.15, -0.1) is 11.8 Å². The van der Waals surface area contributed by atoms with Crippen LogP contribution < -0.4 is 14.8 Å². The van der Waals surface area contributed by atoms with Gasteiger partial charge < -0.3 is 14.8 Å². The lowest BCUT2D eigenvalue weighted by molar-refractivity contribution is -0.111. The van der Waals surface area contributed by atoms with E-state index in [1.54, 1.807) is 23.9 Å². The molecule has 0 heterocycles. The van der Waals surface area contributed by atoms with Crippen molar-refractivity contribution in [2.24, 2.45) is 0 Å². The van der Waals surface area contributed by atoms with Gasteiger partial charge in [0.1, 0.15) is 0 Å². The quantitative estimate of drug-likeness (QED) is 0.572. The van der Waals surface area contributed by atoms with Crippen molar-refractivity contribution in [1.82, 2.24) is 0 Å². The molecule has 2 aromatic carbocycles. The van der Waals surface area contributed by atoms with Crippen LogP contribution in [-0.2, 0) is 4.79 Å². The number of benzene rings is 2. The zero-order chi connectivity index (χ0) is 18.2. The summed E-state index contributed by atoms with van der Waals surface area (Å²) in [6.07, 6.45) is 4.88. The van der Waals surface area contributed by atoms with Crippen molar-refractivity contribution in [1.29, 1.82) is 0 Å². The van der Waals surface area contributed by atoms with Crippen molar-refractivity contribution in [3.8, 4) is 11.5 Å². The summed E-state index contributed by atoms with van der Waals surface area (Å²) >= 11 is 1.62. The van der Waals surface area contributed by atoms with E-state index in [9.17, 15) is 13.6 Å². The molecule has 0 bridgehead atoms. The van der Waals surface area contributed by atoms with Crippen LogP contribution in [0.4, 0.5) is 14.5 Å². The van der Waals surface area contributed by atoms with Crippen molar-refractivity contribution >= 4 is 29.4 Å². The number of ether oxygens (including phenoxy) is 2. The minimum Gasteiger partial charge on any atom is -0.493 e. The van der Waals surface area contributed by atoms with Crippen LogP contribution in [0.3, 0.4) is 0 Å². The van der Waals surface area contributed by atoms with E-state index in [-0.39, 0.29) is 17.4 Å². The van der Waals surface area contributed by atoms with Gasteiger partial charge in [0.05, 0.1) is 7.11 Å². The summed E-state index contributed by atoms with van der Waals surface area (Å²) < 4.78 is 34.0. The fourth-order valence-corrected chi connectivity index (χ4v) is 2.42. The smallest absolute Gasteiger partial charge is 0.387 e. The number of hydrogen-bond donors (Lipinski definition) is 1. The molecule has 7 heteroatoms. The average molecular weight is 365 g/mol. The molecule has 1 amide bonds. The number of rotatable bonds is 7. The maximum absolute atomic E-state index is 12.3. The molecule has 0 unspecified atom stereocenters. The van der Waals surface area contributed by atoms with Gasteiger partial charge in [0.2, 0.25) is 5.91 Å². The topological polar surface area (TPSA) is 47.6 Å². The van der Waals surface area contributed by atoms with Crippen LogP contribution in [0.15, 0.2) is 53.4 Å². The minimum atomic E-state index is -2.93. The number of thioether (sulfide) groups is 1. The molecule has 4 nitrogen and oxygen atoms in total. The number of carbonyl (C=O) groups excluding carboxylic acids is 1. The summed E-state index contributed by atoms with van der Waals surface area (Å²) in [6, 6.07) is 11.9. The minimum absolute atomic E-state index is 0.0621. The molecule has 25 heavy (non-hydrogen) atoms. The summed E-state index contributed by atoms with van der Waals surface area (Å²) in [5.74, 6) is -0.202. The number of hydrogen-bond acceptors (Lipinski definition) is 4. The zero-order valence-electron chi connectivity index (χ0n) is 13.7. The summed E-state index contributed by atoms with van der Waals surface area (Å²) in [7, 11) is 1.35. The molecule has 0 atom stereocenters. The Labute approximate surface area is 148 Å². The molecule has 132 valence electrons. The highest BCUT2D eigenvalue weighted by Gasteiger charge is 2.10. The maximum Gasteiger partial charge on any atom is 0.387 e. The number of nitrogens with one attached hydrogen (secondary N) is 1. The van der Waals surface area contributed by atoms with Gasteiger partial charge in [-0.3, -0.25) is 4.79 Å². The second kappa shape index (κ2) is 9.08. The Kier molecular flexibility index (Phi) is 6.82. The second-order valence-corrected chi connectivity index (χ2v) is 5.72. The average Bonchev–Trinajstić information content (AvgIpc) is 2.61. The third-order valence-electron chi connectivity index (χ3n) is 3.19. The predicted octanol–water partition coefficient (Wildman–Crippen LogP) is 4.67. The Hall–Kier alpha value is -2.54. The molecular weight excluding hydrogens is 348 g/mol. The Morgan fingerprint density at radius 1 is 1.16 bits per heavy atom. The van der Waals surface area contributed by atoms with E-state index in [1.807, 2.05) is 30.5 Å². The first-order chi connectivity index (χ1) is 12.0. The standard InChI is InChI=1S/C18H17F2NO3S/c1-23-16-11-12(3-9-15(16)24-18(19)20)4-10-17(22)21-13-5-7-14(25-2)8-6-13/h3-11,18H,1-2H3,(H,21,22)/b10-4+. The third-order valence-corrected chi connectivity index (χ3v) is 3.93. The molecule has 1 N–H and O–H groups in total. The lowest BCUT2D eigenvalue weighted by Crippen LogP contribution is -2.07. The van der Waals surface area contributed by atoms with Gasteiger partial charge in [-0.1, -0.05) is 6.07 Å². The van der Waals surface area contributed by atoms with Crippen molar-refractivity contribution < 1.29 is 23.0 Å². The summed E-state index contributed by atoms with van der Waals surface area (Å²) in [5.41, 5.74) is 1.30. The fraction of sp³-hybridized carbons (Fsp3) is 0.167. The Morgan fingerprint density at radius 2 is 1.88 bits per heavy atom. The summed E-state index contributed by atoms with van der Waals surface area (Å²) in [4.78, 5) is 13.1. The first-order valence-corrected chi connectivity index (χ1v) is 8.50. The summed E-state index contributed by atoms with van der Waals surface area (Å²) in [5, 5.41) is 2.74. The van der Waals surface area contributed by atoms with Gasteiger partial charge in [0.15, 0.2) is 11.5 Å². The number of halogens is 2. The van der Waals surface area contributed by atoms with E-state index < -0.39 is 6.61 Å². The van der Waals surface area contributed by atoms with Gasteiger partial charge in [0, 0.05) is 16.7 Å². The maximum atomic E-state index is 12.3. The molecule has 0 spiro atoms. The molecule has 2 rings (SSSR count). The Morgan fingerprint density at radius 3 is 2.48 bits per heavy atom. The second-order valence-electron chi connectivity index (χ2n) is 4.84. The molecule has 0 radical (unpaired) electrons. The molecule has 0 fully saturated rings. The van der Waals surface area contributed by atoms with Crippen LogP contribution in [0.2, 0.25) is 0 Å². The van der Waals surface area contributed by atoms with Gasteiger partial charge >= 0.3 is 6.61 Å². The van der Waals surface area contributed by atoms with E-state index in [0.29, 0.717) is 11.3 Å². The normalized spacial score (nSPS) is 10.9. The largest absolute Gasteiger partial charge is 0.493 e. The number of carbonyl (C=O) groups is 1. The van der Waals surface area contributed by atoms with Crippen LogP contribution >= 0.6 is 11.8 Å². The molecule has 0 aliphatic carbocycles. The Balaban J connectivity index is 2.03. The number of alkyl halides is 2. The van der Waals surface area contributed by atoms with Gasteiger partial charge in [-0.25, -0.2) is 0 Å². The molecular formula is C18H17F2NO3S. The number of anilines is 1. The van der Waals surface area contributed by atoms with Crippen LogP contribution in [0, 0.1) is 0 Å². The molecule has 0 saturated carbocycles. The van der Waals surface area contributed by atoms with Gasteiger partial charge in [-0.2, -0.15) is 8.78 Å². The molecule has 0 aliphatic heterocycles. The highest BCUT2D eigenvalue weighted by atomic mass is 32.2. The third kappa shape index (κ3) is 5.79. The van der Waals surface area contributed by atoms with Crippen molar-refractivity contribution in [3.05, 3.63) is 54.1 Å². The van der Waals surface area contributed by atoms with E-state index >= 15 is 0 Å². The monoisotopic (exact) mass is 365 g/mol. The van der Waals surface area contributed by atoms with Crippen LogP contribution in [0.1, 0.15) is 5.56 Å². The van der Waals surface area contributed by atoms with Crippen molar-refractivity contribution in [2.75, 3.05) is 18.7 Å². The summed E-state index contributed by atoms with van der Waals surface area (Å²) in [6.45, 7) is -2.93. The lowest BCUT2D eigenvalue weighted by atomic mass is 10.2. The van der Waals surface area contributed by atoms with Crippen LogP contribution in [0.5, 0.6) is 11.5 Å². The van der Waals surface area contributed by atoms with E-state index in [4.69, 9.17) is 4.74 Å². The molecule has 0 aromatic heterocycles. The first-order valence-electron chi connectivity index (χ1n) is 7.28. The Bertz CT molecular complexity index is 748. The molecule has 0 aliphatic rings. The fourth-order valence-electron chi connectivity index (χ4n) is 2.01. The van der Waals surface area contributed by atoms with Crippen LogP contribution in [-0.4, -0.2) is 25.9 Å². The van der Waals surface area contributed by atoms with E-state index in [1.165, 1.54) is 25.3 Å².